The molecular formula is C15H12F2N2O2. The molecule has 2 rings (SSSR count). The van der Waals surface area contributed by atoms with E-state index in [1.54, 1.807) is 30.3 Å². The van der Waals surface area contributed by atoms with E-state index in [1.807, 2.05) is 0 Å². The van der Waals surface area contributed by atoms with Crippen molar-refractivity contribution in [2.45, 2.75) is 0 Å². The quantitative estimate of drug-likeness (QED) is 0.908. The number of hydrogen-bond donors (Lipinski definition) is 2. The second kappa shape index (κ2) is 6.60. The van der Waals surface area contributed by atoms with Crippen molar-refractivity contribution in [2.75, 3.05) is 11.9 Å². The highest BCUT2D eigenvalue weighted by atomic mass is 19.1. The molecule has 0 atom stereocenters. The van der Waals surface area contributed by atoms with Gasteiger partial charge in [0.05, 0.1) is 6.54 Å². The number of carbonyl (C=O) groups excluding carboxylic acids is 2. The number of para-hydroxylation sites is 1. The highest BCUT2D eigenvalue weighted by molar-refractivity contribution is 5.99. The fourth-order valence-electron chi connectivity index (χ4n) is 1.65. The van der Waals surface area contributed by atoms with E-state index >= 15 is 0 Å². The minimum absolute atomic E-state index is 0.387. The third-order valence-electron chi connectivity index (χ3n) is 2.67. The Hall–Kier alpha value is -2.76. The third kappa shape index (κ3) is 3.85. The SMILES string of the molecule is O=C(CNC(=O)c1ccccc1)Nc1c(F)cccc1F. The second-order valence-electron chi connectivity index (χ2n) is 4.19. The highest BCUT2D eigenvalue weighted by Gasteiger charge is 2.13. The van der Waals surface area contributed by atoms with E-state index in [1.165, 1.54) is 6.07 Å². The monoisotopic (exact) mass is 290 g/mol. The number of anilines is 1. The van der Waals surface area contributed by atoms with Crippen molar-refractivity contribution in [1.82, 2.24) is 5.32 Å². The van der Waals surface area contributed by atoms with Gasteiger partial charge in [-0.05, 0) is 24.3 Å². The number of nitrogens with one attached hydrogen (secondary N) is 2. The summed E-state index contributed by atoms with van der Waals surface area (Å²) in [5, 5.41) is 4.44. The fraction of sp³-hybridized carbons (Fsp3) is 0.0667. The fourth-order valence-corrected chi connectivity index (χ4v) is 1.65. The average molecular weight is 290 g/mol. The summed E-state index contributed by atoms with van der Waals surface area (Å²) in [5.74, 6) is -2.92. The molecule has 6 heteroatoms. The summed E-state index contributed by atoms with van der Waals surface area (Å²) in [6, 6.07) is 11.5. The van der Waals surface area contributed by atoms with Crippen molar-refractivity contribution in [2.24, 2.45) is 0 Å². The first-order chi connectivity index (χ1) is 10.1. The van der Waals surface area contributed by atoms with Crippen LogP contribution in [-0.4, -0.2) is 18.4 Å². The zero-order chi connectivity index (χ0) is 15.2. The van der Waals surface area contributed by atoms with Gasteiger partial charge >= 0.3 is 0 Å². The van der Waals surface area contributed by atoms with E-state index in [4.69, 9.17) is 0 Å². The van der Waals surface area contributed by atoms with Gasteiger partial charge in [0.1, 0.15) is 17.3 Å². The Morgan fingerprint density at radius 3 is 2.14 bits per heavy atom. The van der Waals surface area contributed by atoms with Crippen LogP contribution in [0.3, 0.4) is 0 Å². The lowest BCUT2D eigenvalue weighted by Gasteiger charge is -2.08. The van der Waals surface area contributed by atoms with E-state index in [0.717, 1.165) is 12.1 Å². The number of carbonyl (C=O) groups is 2. The summed E-state index contributed by atoms with van der Waals surface area (Å²) in [5.41, 5.74) is -0.140. The first-order valence-electron chi connectivity index (χ1n) is 6.15. The zero-order valence-corrected chi connectivity index (χ0v) is 10.9. The predicted molar refractivity (Wildman–Crippen MR) is 73.8 cm³/mol. The van der Waals surface area contributed by atoms with Gasteiger partial charge in [0.2, 0.25) is 5.91 Å². The molecule has 0 heterocycles. The second-order valence-corrected chi connectivity index (χ2v) is 4.19. The molecule has 0 fully saturated rings. The zero-order valence-electron chi connectivity index (χ0n) is 10.9. The van der Waals surface area contributed by atoms with E-state index in [9.17, 15) is 18.4 Å². The van der Waals surface area contributed by atoms with Crippen molar-refractivity contribution in [3.05, 3.63) is 65.7 Å². The number of benzene rings is 2. The molecule has 2 aromatic rings. The van der Waals surface area contributed by atoms with Crippen molar-refractivity contribution in [3.8, 4) is 0 Å². The lowest BCUT2D eigenvalue weighted by molar-refractivity contribution is -0.115. The van der Waals surface area contributed by atoms with Crippen LogP contribution >= 0.6 is 0 Å². The van der Waals surface area contributed by atoms with Crippen molar-refractivity contribution < 1.29 is 18.4 Å². The Labute approximate surface area is 119 Å². The summed E-state index contributed by atoms with van der Waals surface area (Å²) in [6.45, 7) is -0.387. The Morgan fingerprint density at radius 2 is 1.52 bits per heavy atom. The van der Waals surface area contributed by atoms with Gasteiger partial charge in [0.15, 0.2) is 0 Å². The maximum atomic E-state index is 13.3. The number of amides is 2. The molecule has 2 aromatic carbocycles. The van der Waals surface area contributed by atoms with Gasteiger partial charge in [-0.3, -0.25) is 9.59 Å². The summed E-state index contributed by atoms with van der Waals surface area (Å²) in [4.78, 5) is 23.3. The Bertz CT molecular complexity index is 640. The molecule has 0 aliphatic heterocycles. The Balaban J connectivity index is 1.92. The molecule has 0 bridgehead atoms. The van der Waals surface area contributed by atoms with Gasteiger partial charge in [0.25, 0.3) is 5.91 Å². The molecule has 2 amide bonds. The number of rotatable bonds is 4. The molecule has 0 saturated carbocycles. The van der Waals surface area contributed by atoms with Crippen LogP contribution in [0.5, 0.6) is 0 Å². The first-order valence-corrected chi connectivity index (χ1v) is 6.15. The van der Waals surface area contributed by atoms with E-state index in [-0.39, 0.29) is 6.54 Å². The maximum Gasteiger partial charge on any atom is 0.251 e. The Morgan fingerprint density at radius 1 is 0.905 bits per heavy atom. The summed E-state index contributed by atoms with van der Waals surface area (Å²) >= 11 is 0. The Kier molecular flexibility index (Phi) is 4.61. The van der Waals surface area contributed by atoms with Gasteiger partial charge < -0.3 is 10.6 Å². The highest BCUT2D eigenvalue weighted by Crippen LogP contribution is 2.17. The normalized spacial score (nSPS) is 10.0. The van der Waals surface area contributed by atoms with Crippen LogP contribution < -0.4 is 10.6 Å². The van der Waals surface area contributed by atoms with E-state index < -0.39 is 29.1 Å². The number of halogens is 2. The van der Waals surface area contributed by atoms with Crippen molar-refractivity contribution in [3.63, 3.8) is 0 Å². The van der Waals surface area contributed by atoms with Crippen LogP contribution in [0.25, 0.3) is 0 Å². The average Bonchev–Trinajstić information content (AvgIpc) is 2.49. The van der Waals surface area contributed by atoms with Crippen LogP contribution in [0.4, 0.5) is 14.5 Å². The molecule has 0 aromatic heterocycles. The van der Waals surface area contributed by atoms with E-state index in [2.05, 4.69) is 10.6 Å². The van der Waals surface area contributed by atoms with Crippen LogP contribution in [0.15, 0.2) is 48.5 Å². The molecule has 0 saturated heterocycles. The molecule has 0 radical (unpaired) electrons. The standard InChI is InChI=1S/C15H12F2N2O2/c16-11-7-4-8-12(17)14(11)19-13(20)9-18-15(21)10-5-2-1-3-6-10/h1-8H,9H2,(H,18,21)(H,19,20). The van der Waals surface area contributed by atoms with Gasteiger partial charge in [-0.15, -0.1) is 0 Å². The summed E-state index contributed by atoms with van der Waals surface area (Å²) in [6.07, 6.45) is 0. The van der Waals surface area contributed by atoms with Gasteiger partial charge in [-0.1, -0.05) is 24.3 Å². The topological polar surface area (TPSA) is 58.2 Å². The van der Waals surface area contributed by atoms with Gasteiger partial charge in [-0.2, -0.15) is 0 Å². The maximum absolute atomic E-state index is 13.3. The first kappa shape index (κ1) is 14.6. The smallest absolute Gasteiger partial charge is 0.251 e. The molecule has 108 valence electrons. The molecule has 4 nitrogen and oxygen atoms in total. The molecule has 0 aliphatic carbocycles. The lowest BCUT2D eigenvalue weighted by Crippen LogP contribution is -2.33. The molecular weight excluding hydrogens is 278 g/mol. The predicted octanol–water partition coefficient (Wildman–Crippen LogP) is 2.33. The molecule has 0 aliphatic rings. The summed E-state index contributed by atoms with van der Waals surface area (Å²) in [7, 11) is 0. The third-order valence-corrected chi connectivity index (χ3v) is 2.67. The minimum atomic E-state index is -0.877. The van der Waals surface area contributed by atoms with Crippen LogP contribution in [0, 0.1) is 11.6 Å². The van der Waals surface area contributed by atoms with Crippen LogP contribution in [-0.2, 0) is 4.79 Å². The summed E-state index contributed by atoms with van der Waals surface area (Å²) < 4.78 is 26.7. The van der Waals surface area contributed by atoms with Gasteiger partial charge in [-0.25, -0.2) is 8.78 Å². The molecule has 2 N–H and O–H groups in total. The van der Waals surface area contributed by atoms with E-state index in [0.29, 0.717) is 5.56 Å². The van der Waals surface area contributed by atoms with Crippen molar-refractivity contribution >= 4 is 17.5 Å². The van der Waals surface area contributed by atoms with Crippen molar-refractivity contribution in [1.29, 1.82) is 0 Å². The molecule has 0 unspecified atom stereocenters. The lowest BCUT2D eigenvalue weighted by atomic mass is 10.2. The minimum Gasteiger partial charge on any atom is -0.343 e. The largest absolute Gasteiger partial charge is 0.343 e. The molecule has 0 spiro atoms. The number of hydrogen-bond acceptors (Lipinski definition) is 2. The molecule has 21 heavy (non-hydrogen) atoms. The van der Waals surface area contributed by atoms with Gasteiger partial charge in [0, 0.05) is 5.56 Å². The van der Waals surface area contributed by atoms with Crippen LogP contribution in [0.2, 0.25) is 0 Å². The van der Waals surface area contributed by atoms with Crippen LogP contribution in [0.1, 0.15) is 10.4 Å².